The molecule has 0 radical (unpaired) electrons. The average molecular weight is 362 g/mol. The van der Waals surface area contributed by atoms with Gasteiger partial charge in [0.15, 0.2) is 0 Å². The van der Waals surface area contributed by atoms with Crippen LogP contribution in [0.5, 0.6) is 0 Å². The zero-order valence-corrected chi connectivity index (χ0v) is 13.3. The Morgan fingerprint density at radius 2 is 2.19 bits per heavy atom. The third kappa shape index (κ3) is 2.53. The summed E-state index contributed by atoms with van der Waals surface area (Å²) < 4.78 is 2.89. The summed E-state index contributed by atoms with van der Waals surface area (Å²) in [5.74, 6) is 1.36. The van der Waals surface area contributed by atoms with Crippen molar-refractivity contribution < 1.29 is 0 Å². The maximum atomic E-state index is 8.98. The number of halogens is 2. The fourth-order valence-corrected chi connectivity index (χ4v) is 2.99. The Labute approximate surface area is 135 Å². The van der Waals surface area contributed by atoms with E-state index in [-0.39, 0.29) is 0 Å². The lowest BCUT2D eigenvalue weighted by molar-refractivity contribution is 0.909. The zero-order valence-electron chi connectivity index (χ0n) is 10.9. The number of benzene rings is 1. The molecule has 0 bridgehead atoms. The first-order valence-corrected chi connectivity index (χ1v) is 7.64. The third-order valence-corrected chi connectivity index (χ3v) is 3.99. The number of alkyl halides is 1. The number of aryl methyl sites for hydroxylation is 1. The Morgan fingerprint density at radius 3 is 2.90 bits per heavy atom. The van der Waals surface area contributed by atoms with Crippen LogP contribution in [0.25, 0.3) is 16.7 Å². The summed E-state index contributed by atoms with van der Waals surface area (Å²) in [4.78, 5) is 8.70. The van der Waals surface area contributed by atoms with Crippen molar-refractivity contribution in [1.29, 1.82) is 5.26 Å². The largest absolute Gasteiger partial charge is 0.295 e. The maximum Gasteiger partial charge on any atom is 0.115 e. The van der Waals surface area contributed by atoms with Crippen LogP contribution in [0.2, 0.25) is 0 Å². The van der Waals surface area contributed by atoms with Crippen LogP contribution >= 0.6 is 27.5 Å². The predicted octanol–water partition coefficient (Wildman–Crippen LogP) is 3.84. The van der Waals surface area contributed by atoms with Crippen LogP contribution in [-0.4, -0.2) is 20.4 Å². The van der Waals surface area contributed by atoms with Gasteiger partial charge in [-0.1, -0.05) is 0 Å². The van der Waals surface area contributed by atoms with E-state index < -0.39 is 0 Å². The molecule has 0 aliphatic carbocycles. The maximum absolute atomic E-state index is 8.98. The number of fused-ring (bicyclic) bond motifs is 1. The van der Waals surface area contributed by atoms with Crippen LogP contribution in [0.3, 0.4) is 0 Å². The van der Waals surface area contributed by atoms with Gasteiger partial charge in [-0.2, -0.15) is 5.26 Å². The quantitative estimate of drug-likeness (QED) is 0.666. The van der Waals surface area contributed by atoms with E-state index in [9.17, 15) is 0 Å². The summed E-state index contributed by atoms with van der Waals surface area (Å²) in [5, 5.41) is 8.98. The van der Waals surface area contributed by atoms with Gasteiger partial charge in [-0.25, -0.2) is 4.98 Å². The molecule has 0 saturated carbocycles. The summed E-state index contributed by atoms with van der Waals surface area (Å²) in [6.07, 6.45) is 4.13. The summed E-state index contributed by atoms with van der Waals surface area (Å²) in [7, 11) is 0. The van der Waals surface area contributed by atoms with E-state index in [1.165, 1.54) is 0 Å². The van der Waals surface area contributed by atoms with Gasteiger partial charge in [0, 0.05) is 23.0 Å². The summed E-state index contributed by atoms with van der Waals surface area (Å²) in [5.41, 5.74) is 3.34. The van der Waals surface area contributed by atoms with E-state index in [0.29, 0.717) is 17.9 Å². The SMILES string of the molecule is N#Cc1ccc(-n2c(CCCl)nc3cnccc32)c(Br)c1. The highest BCUT2D eigenvalue weighted by Crippen LogP contribution is 2.28. The van der Waals surface area contributed by atoms with Crippen molar-refractivity contribution in [2.75, 3.05) is 5.88 Å². The highest BCUT2D eigenvalue weighted by Gasteiger charge is 2.14. The van der Waals surface area contributed by atoms with Crippen molar-refractivity contribution >= 4 is 38.6 Å². The lowest BCUT2D eigenvalue weighted by Crippen LogP contribution is -2.03. The van der Waals surface area contributed by atoms with Crippen LogP contribution in [0, 0.1) is 11.3 Å². The van der Waals surface area contributed by atoms with Gasteiger partial charge in [-0.3, -0.25) is 9.55 Å². The van der Waals surface area contributed by atoms with E-state index in [1.807, 2.05) is 16.7 Å². The van der Waals surface area contributed by atoms with Gasteiger partial charge in [0.05, 0.1) is 29.0 Å². The molecule has 4 nitrogen and oxygen atoms in total. The summed E-state index contributed by atoms with van der Waals surface area (Å²) >= 11 is 9.42. The monoisotopic (exact) mass is 360 g/mol. The molecule has 0 amide bonds. The highest BCUT2D eigenvalue weighted by atomic mass is 79.9. The average Bonchev–Trinajstić information content (AvgIpc) is 2.85. The molecule has 6 heteroatoms. The molecule has 0 saturated heterocycles. The molecule has 104 valence electrons. The first-order chi connectivity index (χ1) is 10.2. The molecular formula is C15H10BrClN4. The molecule has 0 fully saturated rings. The van der Waals surface area contributed by atoms with Crippen LogP contribution in [0.4, 0.5) is 0 Å². The second-order valence-corrected chi connectivity index (χ2v) is 5.68. The number of imidazole rings is 1. The van der Waals surface area contributed by atoms with E-state index in [1.54, 1.807) is 24.5 Å². The van der Waals surface area contributed by atoms with Crippen LogP contribution in [-0.2, 0) is 6.42 Å². The number of nitrogens with zero attached hydrogens (tertiary/aromatic N) is 4. The number of pyridine rings is 1. The van der Waals surface area contributed by atoms with Crippen molar-refractivity contribution in [2.24, 2.45) is 0 Å². The number of nitriles is 1. The molecule has 2 aromatic heterocycles. The van der Waals surface area contributed by atoms with Gasteiger partial charge in [-0.15, -0.1) is 11.6 Å². The van der Waals surface area contributed by atoms with Crippen molar-refractivity contribution in [3.05, 3.63) is 52.5 Å². The molecule has 0 aliphatic heterocycles. The minimum absolute atomic E-state index is 0.491. The fraction of sp³-hybridized carbons (Fsp3) is 0.133. The fourth-order valence-electron chi connectivity index (χ4n) is 2.26. The van der Waals surface area contributed by atoms with Gasteiger partial charge >= 0.3 is 0 Å². The Hall–Kier alpha value is -1.90. The van der Waals surface area contributed by atoms with Crippen molar-refractivity contribution in [2.45, 2.75) is 6.42 Å². The number of hydrogen-bond acceptors (Lipinski definition) is 3. The molecule has 0 aliphatic rings. The normalized spacial score (nSPS) is 10.7. The van der Waals surface area contributed by atoms with Gasteiger partial charge < -0.3 is 0 Å². The molecule has 0 unspecified atom stereocenters. The van der Waals surface area contributed by atoms with Crippen LogP contribution in [0.15, 0.2) is 41.1 Å². The van der Waals surface area contributed by atoms with Crippen LogP contribution < -0.4 is 0 Å². The minimum atomic E-state index is 0.491. The first-order valence-electron chi connectivity index (χ1n) is 6.32. The standard InChI is InChI=1S/C15H10BrClN4/c16-11-7-10(8-18)1-2-13(11)21-14-4-6-19-9-12(14)20-15(21)3-5-17/h1-2,4,6-7,9H,3,5H2. The van der Waals surface area contributed by atoms with Gasteiger partial charge in [0.2, 0.25) is 0 Å². The topological polar surface area (TPSA) is 54.5 Å². The van der Waals surface area contributed by atoms with E-state index >= 15 is 0 Å². The Morgan fingerprint density at radius 1 is 1.33 bits per heavy atom. The second kappa shape index (κ2) is 5.84. The van der Waals surface area contributed by atoms with Crippen molar-refractivity contribution in [1.82, 2.24) is 14.5 Å². The van der Waals surface area contributed by atoms with E-state index in [4.69, 9.17) is 16.9 Å². The highest BCUT2D eigenvalue weighted by molar-refractivity contribution is 9.10. The Balaban J connectivity index is 2.28. The smallest absolute Gasteiger partial charge is 0.115 e. The molecule has 3 aromatic rings. The summed E-state index contributed by atoms with van der Waals surface area (Å²) in [6.45, 7) is 0. The molecule has 0 atom stereocenters. The lowest BCUT2D eigenvalue weighted by Gasteiger charge is -2.11. The van der Waals surface area contributed by atoms with Crippen molar-refractivity contribution in [3.8, 4) is 11.8 Å². The molecular weight excluding hydrogens is 352 g/mol. The zero-order chi connectivity index (χ0) is 14.8. The van der Waals surface area contributed by atoms with Gasteiger partial charge in [0.1, 0.15) is 11.3 Å². The molecule has 21 heavy (non-hydrogen) atoms. The number of aromatic nitrogens is 3. The lowest BCUT2D eigenvalue weighted by atomic mass is 10.2. The molecule has 3 rings (SSSR count). The number of hydrogen-bond donors (Lipinski definition) is 0. The Bertz CT molecular complexity index is 850. The van der Waals surface area contributed by atoms with Crippen molar-refractivity contribution in [3.63, 3.8) is 0 Å². The molecule has 0 N–H and O–H groups in total. The van der Waals surface area contributed by atoms with Gasteiger partial charge in [-0.05, 0) is 40.2 Å². The Kier molecular flexibility index (Phi) is 3.91. The van der Waals surface area contributed by atoms with E-state index in [2.05, 4.69) is 32.0 Å². The van der Waals surface area contributed by atoms with Crippen LogP contribution in [0.1, 0.15) is 11.4 Å². The van der Waals surface area contributed by atoms with E-state index in [0.717, 1.165) is 27.0 Å². The third-order valence-electron chi connectivity index (χ3n) is 3.16. The number of rotatable bonds is 3. The molecule has 1 aromatic carbocycles. The summed E-state index contributed by atoms with van der Waals surface area (Å²) in [6, 6.07) is 9.54. The molecule has 2 heterocycles. The molecule has 0 spiro atoms. The van der Waals surface area contributed by atoms with Gasteiger partial charge in [0.25, 0.3) is 0 Å². The minimum Gasteiger partial charge on any atom is -0.295 e. The predicted molar refractivity (Wildman–Crippen MR) is 85.7 cm³/mol. The second-order valence-electron chi connectivity index (χ2n) is 4.44. The first kappa shape index (κ1) is 14.1.